The molecule has 2 amide bonds. The first kappa shape index (κ1) is 11.3. The number of nitrogens with zero attached hydrogens (tertiary/aromatic N) is 1. The van der Waals surface area contributed by atoms with E-state index in [-0.39, 0.29) is 24.3 Å². The van der Waals surface area contributed by atoms with Crippen molar-refractivity contribution in [3.63, 3.8) is 0 Å². The summed E-state index contributed by atoms with van der Waals surface area (Å²) in [4.78, 5) is 24.2. The van der Waals surface area contributed by atoms with Crippen molar-refractivity contribution >= 4 is 23.4 Å². The quantitative estimate of drug-likeness (QED) is 0.620. The van der Waals surface area contributed by atoms with E-state index in [2.05, 4.69) is 5.32 Å². The summed E-state index contributed by atoms with van der Waals surface area (Å²) in [6, 6.07) is -0.542. The molecule has 1 aliphatic rings. The minimum atomic E-state index is -0.542. The zero-order valence-electron chi connectivity index (χ0n) is 7.96. The molecule has 0 radical (unpaired) electrons. The van der Waals surface area contributed by atoms with Gasteiger partial charge in [0.2, 0.25) is 11.8 Å². The summed E-state index contributed by atoms with van der Waals surface area (Å²) in [6.45, 7) is 1.11. The number of hydrogen-bond acceptors (Lipinski definition) is 3. The zero-order valence-corrected chi connectivity index (χ0v) is 8.71. The van der Waals surface area contributed by atoms with Crippen LogP contribution in [0.15, 0.2) is 0 Å². The second-order valence-corrected chi connectivity index (χ2v) is 3.19. The molecule has 0 aliphatic carbocycles. The summed E-state index contributed by atoms with van der Waals surface area (Å²) < 4.78 is 5.13. The Balaban J connectivity index is 2.68. The molecule has 0 spiro atoms. The number of hydrogen-bond donors (Lipinski definition) is 1. The maximum Gasteiger partial charge on any atom is 0.244 e. The van der Waals surface area contributed by atoms with Crippen LogP contribution in [0.25, 0.3) is 0 Å². The summed E-state index contributed by atoms with van der Waals surface area (Å²) in [5.74, 6) is -0.556. The Labute approximate surface area is 87.3 Å². The highest BCUT2D eigenvalue weighted by molar-refractivity contribution is 6.27. The minimum Gasteiger partial charge on any atom is -0.377 e. The Morgan fingerprint density at radius 2 is 2.36 bits per heavy atom. The van der Waals surface area contributed by atoms with Gasteiger partial charge in [-0.1, -0.05) is 0 Å². The minimum absolute atomic E-state index is 0.104. The molecule has 14 heavy (non-hydrogen) atoms. The SMILES string of the molecule is CNC(=O)C1COCCN1C(=O)CCl. The standard InChI is InChI=1S/C8H13ClN2O3/c1-10-8(13)6-5-14-3-2-11(6)7(12)4-9/h6H,2-5H2,1H3,(H,10,13). The van der Waals surface area contributed by atoms with Gasteiger partial charge in [-0.25, -0.2) is 0 Å². The number of amides is 2. The zero-order chi connectivity index (χ0) is 10.6. The molecule has 80 valence electrons. The van der Waals surface area contributed by atoms with E-state index in [1.807, 2.05) is 0 Å². The summed E-state index contributed by atoms with van der Waals surface area (Å²) >= 11 is 5.43. The van der Waals surface area contributed by atoms with Gasteiger partial charge in [0, 0.05) is 13.6 Å². The number of morpholine rings is 1. The van der Waals surface area contributed by atoms with Crippen LogP contribution in [0.1, 0.15) is 0 Å². The first-order chi connectivity index (χ1) is 6.70. The Morgan fingerprint density at radius 1 is 1.64 bits per heavy atom. The van der Waals surface area contributed by atoms with E-state index >= 15 is 0 Å². The second kappa shape index (κ2) is 5.17. The van der Waals surface area contributed by atoms with Gasteiger partial charge in [-0.2, -0.15) is 0 Å². The van der Waals surface area contributed by atoms with Gasteiger partial charge in [-0.05, 0) is 0 Å². The van der Waals surface area contributed by atoms with Gasteiger partial charge in [0.05, 0.1) is 13.2 Å². The van der Waals surface area contributed by atoms with Crippen LogP contribution in [0, 0.1) is 0 Å². The van der Waals surface area contributed by atoms with E-state index in [1.54, 1.807) is 0 Å². The molecule has 1 saturated heterocycles. The van der Waals surface area contributed by atoms with Gasteiger partial charge in [-0.3, -0.25) is 9.59 Å². The molecule has 0 aromatic carbocycles. The predicted octanol–water partition coefficient (Wildman–Crippen LogP) is -0.801. The summed E-state index contributed by atoms with van der Waals surface area (Å²) in [5, 5.41) is 2.49. The number of nitrogens with one attached hydrogen (secondary N) is 1. The van der Waals surface area contributed by atoms with Crippen molar-refractivity contribution in [2.75, 3.05) is 32.7 Å². The maximum absolute atomic E-state index is 11.4. The summed E-state index contributed by atoms with van der Waals surface area (Å²) in [6.07, 6.45) is 0. The van der Waals surface area contributed by atoms with E-state index in [4.69, 9.17) is 16.3 Å². The lowest BCUT2D eigenvalue weighted by atomic mass is 10.2. The number of carbonyl (C=O) groups excluding carboxylic acids is 2. The number of halogens is 1. The second-order valence-electron chi connectivity index (χ2n) is 2.93. The van der Waals surface area contributed by atoms with Crippen LogP contribution >= 0.6 is 11.6 Å². The Morgan fingerprint density at radius 3 is 2.93 bits per heavy atom. The molecule has 6 heteroatoms. The lowest BCUT2D eigenvalue weighted by molar-refractivity contribution is -0.146. The number of ether oxygens (including phenoxy) is 1. The molecule has 1 unspecified atom stereocenters. The van der Waals surface area contributed by atoms with Crippen LogP contribution in [0.4, 0.5) is 0 Å². The van der Waals surface area contributed by atoms with Crippen LogP contribution < -0.4 is 5.32 Å². The van der Waals surface area contributed by atoms with Crippen molar-refractivity contribution in [3.8, 4) is 0 Å². The topological polar surface area (TPSA) is 58.6 Å². The van der Waals surface area contributed by atoms with Gasteiger partial charge >= 0.3 is 0 Å². The molecule has 0 saturated carbocycles. The fourth-order valence-corrected chi connectivity index (χ4v) is 1.52. The third kappa shape index (κ3) is 2.36. The van der Waals surface area contributed by atoms with E-state index in [0.29, 0.717) is 13.2 Å². The third-order valence-electron chi connectivity index (χ3n) is 2.11. The molecule has 1 aliphatic heterocycles. The largest absolute Gasteiger partial charge is 0.377 e. The summed E-state index contributed by atoms with van der Waals surface area (Å²) in [7, 11) is 1.53. The van der Waals surface area contributed by atoms with Gasteiger partial charge in [0.25, 0.3) is 0 Å². The molecular weight excluding hydrogens is 208 g/mol. The van der Waals surface area contributed by atoms with Crippen molar-refractivity contribution < 1.29 is 14.3 Å². The molecule has 1 N–H and O–H groups in total. The van der Waals surface area contributed by atoms with Crippen LogP contribution in [0.2, 0.25) is 0 Å². The van der Waals surface area contributed by atoms with Crippen LogP contribution in [0.3, 0.4) is 0 Å². The fourth-order valence-electron chi connectivity index (χ4n) is 1.36. The van der Waals surface area contributed by atoms with Crippen LogP contribution in [-0.4, -0.2) is 55.4 Å². The predicted molar refractivity (Wildman–Crippen MR) is 51.1 cm³/mol. The molecule has 0 aromatic heterocycles. The number of carbonyl (C=O) groups is 2. The Kier molecular flexibility index (Phi) is 4.16. The molecule has 5 nitrogen and oxygen atoms in total. The van der Waals surface area contributed by atoms with Gasteiger partial charge in [-0.15, -0.1) is 11.6 Å². The van der Waals surface area contributed by atoms with E-state index < -0.39 is 6.04 Å². The highest BCUT2D eigenvalue weighted by atomic mass is 35.5. The molecular formula is C8H13ClN2O3. The molecule has 0 bridgehead atoms. The Bertz CT molecular complexity index is 211. The highest BCUT2D eigenvalue weighted by Gasteiger charge is 2.31. The molecule has 1 heterocycles. The van der Waals surface area contributed by atoms with Gasteiger partial charge in [0.15, 0.2) is 0 Å². The van der Waals surface area contributed by atoms with Crippen molar-refractivity contribution in [3.05, 3.63) is 0 Å². The third-order valence-corrected chi connectivity index (χ3v) is 2.34. The van der Waals surface area contributed by atoms with E-state index in [1.165, 1.54) is 11.9 Å². The first-order valence-corrected chi connectivity index (χ1v) is 4.89. The van der Waals surface area contributed by atoms with E-state index in [0.717, 1.165) is 0 Å². The average molecular weight is 221 g/mol. The molecule has 1 atom stereocenters. The maximum atomic E-state index is 11.4. The van der Waals surface area contributed by atoms with Crippen molar-refractivity contribution in [1.82, 2.24) is 10.2 Å². The van der Waals surface area contributed by atoms with Crippen molar-refractivity contribution in [2.45, 2.75) is 6.04 Å². The highest BCUT2D eigenvalue weighted by Crippen LogP contribution is 2.08. The van der Waals surface area contributed by atoms with Crippen molar-refractivity contribution in [1.29, 1.82) is 0 Å². The number of likely N-dealkylation sites (N-methyl/N-ethyl adjacent to an activating group) is 1. The lowest BCUT2D eigenvalue weighted by Crippen LogP contribution is -2.55. The molecule has 1 fully saturated rings. The Hall–Kier alpha value is -0.810. The number of rotatable bonds is 2. The molecule has 0 aromatic rings. The first-order valence-electron chi connectivity index (χ1n) is 4.35. The van der Waals surface area contributed by atoms with E-state index in [9.17, 15) is 9.59 Å². The summed E-state index contributed by atoms with van der Waals surface area (Å²) in [5.41, 5.74) is 0. The smallest absolute Gasteiger partial charge is 0.244 e. The lowest BCUT2D eigenvalue weighted by Gasteiger charge is -2.33. The number of alkyl halides is 1. The van der Waals surface area contributed by atoms with Gasteiger partial charge in [0.1, 0.15) is 11.9 Å². The normalized spacial score (nSPS) is 21.9. The fraction of sp³-hybridized carbons (Fsp3) is 0.750. The van der Waals surface area contributed by atoms with Crippen LogP contribution in [0.5, 0.6) is 0 Å². The van der Waals surface area contributed by atoms with Crippen LogP contribution in [-0.2, 0) is 14.3 Å². The average Bonchev–Trinajstić information content (AvgIpc) is 2.27. The molecule has 1 rings (SSSR count). The van der Waals surface area contributed by atoms with Gasteiger partial charge < -0.3 is 15.0 Å². The van der Waals surface area contributed by atoms with Crippen molar-refractivity contribution in [2.24, 2.45) is 0 Å². The monoisotopic (exact) mass is 220 g/mol.